The fourth-order valence-corrected chi connectivity index (χ4v) is 4.18. The Balaban J connectivity index is 1.52. The second-order valence-corrected chi connectivity index (χ2v) is 8.99. The zero-order chi connectivity index (χ0) is 28.1. The number of nitrogens with one attached hydrogen (secondary N) is 1. The van der Waals surface area contributed by atoms with Gasteiger partial charge in [0, 0.05) is 12.1 Å². The quantitative estimate of drug-likeness (QED) is 0.129. The molecule has 1 aliphatic rings. The van der Waals surface area contributed by atoms with Gasteiger partial charge in [0.25, 0.3) is 17.5 Å². The van der Waals surface area contributed by atoms with Crippen LogP contribution in [0.25, 0.3) is 6.08 Å². The van der Waals surface area contributed by atoms with Gasteiger partial charge in [0.15, 0.2) is 0 Å². The van der Waals surface area contributed by atoms with Crippen LogP contribution in [0, 0.1) is 10.1 Å². The molecule has 0 atom stereocenters. The van der Waals surface area contributed by atoms with Crippen LogP contribution in [0.1, 0.15) is 28.4 Å². The number of imide groups is 2. The van der Waals surface area contributed by atoms with Gasteiger partial charge >= 0.3 is 12.0 Å². The maximum absolute atomic E-state index is 13.2. The van der Waals surface area contributed by atoms with Crippen molar-refractivity contribution in [2.45, 2.75) is 13.5 Å². The van der Waals surface area contributed by atoms with Crippen molar-refractivity contribution < 1.29 is 33.6 Å². The molecule has 1 saturated heterocycles. The number of rotatable bonds is 8. The molecule has 1 aliphatic heterocycles. The summed E-state index contributed by atoms with van der Waals surface area (Å²) >= 11 is 3.39. The molecular formula is C27H20BrN3O8. The number of benzene rings is 3. The Bertz CT molecular complexity index is 1520. The summed E-state index contributed by atoms with van der Waals surface area (Å²) in [5.74, 6) is -1.81. The highest BCUT2D eigenvalue weighted by molar-refractivity contribution is 9.10. The Morgan fingerprint density at radius 2 is 1.82 bits per heavy atom. The number of nitro benzene ring substituents is 1. The lowest BCUT2D eigenvalue weighted by Crippen LogP contribution is -2.54. The van der Waals surface area contributed by atoms with Crippen LogP contribution in [0.5, 0.6) is 5.75 Å². The van der Waals surface area contributed by atoms with E-state index in [2.05, 4.69) is 21.2 Å². The third kappa shape index (κ3) is 6.18. The van der Waals surface area contributed by atoms with Crippen LogP contribution in [0.4, 0.5) is 16.2 Å². The molecule has 198 valence electrons. The summed E-state index contributed by atoms with van der Waals surface area (Å²) in [5.41, 5.74) is 1.16. The van der Waals surface area contributed by atoms with E-state index in [0.29, 0.717) is 21.3 Å². The molecule has 0 spiro atoms. The highest BCUT2D eigenvalue weighted by atomic mass is 79.9. The number of nitro groups is 1. The number of non-ortho nitro benzene ring substituents is 1. The largest absolute Gasteiger partial charge is 0.488 e. The summed E-state index contributed by atoms with van der Waals surface area (Å²) in [5, 5.41) is 13.1. The van der Waals surface area contributed by atoms with E-state index in [1.807, 2.05) is 0 Å². The Morgan fingerprint density at radius 3 is 2.49 bits per heavy atom. The Hall–Kier alpha value is -4.84. The molecule has 11 nitrogen and oxygen atoms in total. The summed E-state index contributed by atoms with van der Waals surface area (Å²) < 4.78 is 11.2. The third-order valence-electron chi connectivity index (χ3n) is 5.52. The average Bonchev–Trinajstić information content (AvgIpc) is 2.91. The van der Waals surface area contributed by atoms with Gasteiger partial charge in [-0.3, -0.25) is 25.0 Å². The average molecular weight is 594 g/mol. The van der Waals surface area contributed by atoms with E-state index >= 15 is 0 Å². The van der Waals surface area contributed by atoms with Crippen molar-refractivity contribution in [1.82, 2.24) is 5.32 Å². The number of amides is 4. The first-order valence-electron chi connectivity index (χ1n) is 11.5. The van der Waals surface area contributed by atoms with E-state index in [1.165, 1.54) is 42.5 Å². The van der Waals surface area contributed by atoms with Crippen molar-refractivity contribution >= 4 is 57.2 Å². The van der Waals surface area contributed by atoms with Crippen LogP contribution >= 0.6 is 15.9 Å². The second-order valence-electron chi connectivity index (χ2n) is 8.13. The molecule has 12 heteroatoms. The maximum atomic E-state index is 13.2. The van der Waals surface area contributed by atoms with Crippen LogP contribution in [0.3, 0.4) is 0 Å². The van der Waals surface area contributed by atoms with Crippen molar-refractivity contribution in [2.24, 2.45) is 0 Å². The van der Waals surface area contributed by atoms with Crippen LogP contribution < -0.4 is 15.0 Å². The van der Waals surface area contributed by atoms with Gasteiger partial charge < -0.3 is 9.47 Å². The van der Waals surface area contributed by atoms with E-state index in [1.54, 1.807) is 37.3 Å². The van der Waals surface area contributed by atoms with E-state index in [4.69, 9.17) is 9.47 Å². The molecule has 1 heterocycles. The SMILES string of the molecule is CCOC(=O)c1ccc(N2C(=O)NC(=O)/C(=C\c3ccc(OCc4cccc([N+](=O)[O-])c4)c(Br)c3)C2=O)cc1. The number of esters is 1. The summed E-state index contributed by atoms with van der Waals surface area (Å²) in [7, 11) is 0. The summed E-state index contributed by atoms with van der Waals surface area (Å²) in [4.78, 5) is 61.3. The first-order valence-corrected chi connectivity index (χ1v) is 12.3. The summed E-state index contributed by atoms with van der Waals surface area (Å²) in [6, 6.07) is 15.6. The molecule has 4 amide bonds. The minimum Gasteiger partial charge on any atom is -0.488 e. The van der Waals surface area contributed by atoms with Crippen molar-refractivity contribution in [3.63, 3.8) is 0 Å². The Morgan fingerprint density at radius 1 is 1.08 bits per heavy atom. The minimum absolute atomic E-state index is 0.0463. The number of hydrogen-bond acceptors (Lipinski definition) is 8. The monoisotopic (exact) mass is 593 g/mol. The third-order valence-corrected chi connectivity index (χ3v) is 6.14. The predicted octanol–water partition coefficient (Wildman–Crippen LogP) is 4.78. The van der Waals surface area contributed by atoms with E-state index in [-0.39, 0.29) is 35.7 Å². The first kappa shape index (κ1) is 27.2. The number of halogens is 1. The highest BCUT2D eigenvalue weighted by Crippen LogP contribution is 2.29. The van der Waals surface area contributed by atoms with Gasteiger partial charge in [-0.05, 0) is 76.5 Å². The number of barbiturate groups is 1. The lowest BCUT2D eigenvalue weighted by Gasteiger charge is -2.26. The van der Waals surface area contributed by atoms with Crippen LogP contribution in [0.2, 0.25) is 0 Å². The zero-order valence-electron chi connectivity index (χ0n) is 20.4. The van der Waals surface area contributed by atoms with Crippen molar-refractivity contribution in [1.29, 1.82) is 0 Å². The molecule has 39 heavy (non-hydrogen) atoms. The minimum atomic E-state index is -0.919. The molecule has 4 rings (SSSR count). The van der Waals surface area contributed by atoms with Crippen molar-refractivity contribution in [3.05, 3.63) is 104 Å². The van der Waals surface area contributed by atoms with Gasteiger partial charge in [0.1, 0.15) is 17.9 Å². The molecule has 0 radical (unpaired) electrons. The molecule has 0 saturated carbocycles. The molecular weight excluding hydrogens is 574 g/mol. The highest BCUT2D eigenvalue weighted by Gasteiger charge is 2.36. The molecule has 0 bridgehead atoms. The lowest BCUT2D eigenvalue weighted by molar-refractivity contribution is -0.384. The lowest BCUT2D eigenvalue weighted by atomic mass is 10.1. The van der Waals surface area contributed by atoms with Gasteiger partial charge in [-0.15, -0.1) is 0 Å². The van der Waals surface area contributed by atoms with Gasteiger partial charge in [-0.1, -0.05) is 18.2 Å². The molecule has 0 aliphatic carbocycles. The van der Waals surface area contributed by atoms with Gasteiger partial charge in [0.2, 0.25) is 0 Å². The number of ether oxygens (including phenoxy) is 2. The van der Waals surface area contributed by atoms with Gasteiger partial charge in [-0.25, -0.2) is 14.5 Å². The van der Waals surface area contributed by atoms with Crippen LogP contribution in [0.15, 0.2) is 76.8 Å². The summed E-state index contributed by atoms with van der Waals surface area (Å²) in [6.45, 7) is 1.95. The zero-order valence-corrected chi connectivity index (χ0v) is 22.0. The first-order chi connectivity index (χ1) is 18.7. The van der Waals surface area contributed by atoms with Gasteiger partial charge in [-0.2, -0.15) is 0 Å². The molecule has 0 aromatic heterocycles. The van der Waals surface area contributed by atoms with E-state index in [0.717, 1.165) is 4.90 Å². The van der Waals surface area contributed by atoms with Crippen LogP contribution in [-0.2, 0) is 20.9 Å². The Labute approximate surface area is 230 Å². The smallest absolute Gasteiger partial charge is 0.338 e. The van der Waals surface area contributed by atoms with Crippen molar-refractivity contribution in [3.8, 4) is 5.75 Å². The van der Waals surface area contributed by atoms with E-state index in [9.17, 15) is 29.3 Å². The van der Waals surface area contributed by atoms with Crippen molar-refractivity contribution in [2.75, 3.05) is 11.5 Å². The normalized spacial score (nSPS) is 14.3. The molecule has 1 fully saturated rings. The standard InChI is InChI=1S/C27H20BrN3O8/c1-2-38-26(34)18-7-9-19(10-8-18)30-25(33)21(24(32)29-27(30)35)13-16-6-11-23(22(28)14-16)39-15-17-4-3-5-20(12-17)31(36)37/h3-14H,2,15H2,1H3,(H,29,32,35)/b21-13+. The fourth-order valence-electron chi connectivity index (χ4n) is 3.66. The van der Waals surface area contributed by atoms with Crippen LogP contribution in [-0.4, -0.2) is 35.3 Å². The topological polar surface area (TPSA) is 145 Å². The molecule has 0 unspecified atom stereocenters. The second kappa shape index (κ2) is 11.7. The number of urea groups is 1. The number of hydrogen-bond donors (Lipinski definition) is 1. The maximum Gasteiger partial charge on any atom is 0.338 e. The number of carbonyl (C=O) groups is 4. The predicted molar refractivity (Wildman–Crippen MR) is 143 cm³/mol. The molecule has 1 N–H and O–H groups in total. The van der Waals surface area contributed by atoms with Gasteiger partial charge in [0.05, 0.1) is 27.3 Å². The number of carbonyl (C=O) groups excluding carboxylic acids is 4. The summed E-state index contributed by atoms with van der Waals surface area (Å²) in [6.07, 6.45) is 1.33. The Kier molecular flexibility index (Phi) is 8.15. The number of anilines is 1. The fraction of sp³-hybridized carbons (Fsp3) is 0.111. The van der Waals surface area contributed by atoms with E-state index < -0.39 is 28.7 Å². The molecule has 3 aromatic carbocycles. The molecule has 3 aromatic rings. The number of nitrogens with zero attached hydrogens (tertiary/aromatic N) is 2.